The molecule has 2 rings (SSSR count). The van der Waals surface area contributed by atoms with Gasteiger partial charge in [0.2, 0.25) is 0 Å². The summed E-state index contributed by atoms with van der Waals surface area (Å²) < 4.78 is 0. The molecule has 0 spiro atoms. The van der Waals surface area contributed by atoms with E-state index in [1.165, 1.54) is 58.0 Å². The molecule has 2 aliphatic rings. The van der Waals surface area contributed by atoms with Crippen LogP contribution in [0.4, 0.5) is 0 Å². The van der Waals surface area contributed by atoms with Gasteiger partial charge in [-0.15, -0.1) is 0 Å². The maximum Gasteiger partial charge on any atom is 0.0330 e. The Morgan fingerprint density at radius 2 is 1.89 bits per heavy atom. The maximum absolute atomic E-state index is 3.68. The molecular formula is C16H33N3. The van der Waals surface area contributed by atoms with Gasteiger partial charge in [0.05, 0.1) is 0 Å². The first-order valence-electron chi connectivity index (χ1n) is 8.14. The van der Waals surface area contributed by atoms with Crippen molar-refractivity contribution < 1.29 is 0 Å². The highest BCUT2D eigenvalue weighted by Gasteiger charge is 2.40. The molecule has 2 atom stereocenters. The van der Waals surface area contributed by atoms with Crippen molar-refractivity contribution in [2.75, 3.05) is 34.2 Å². The highest BCUT2D eigenvalue weighted by molar-refractivity contribution is 4.98. The van der Waals surface area contributed by atoms with Crippen molar-refractivity contribution in [3.8, 4) is 0 Å². The first-order chi connectivity index (χ1) is 9.03. The van der Waals surface area contributed by atoms with Gasteiger partial charge in [-0.1, -0.05) is 6.42 Å². The molecule has 3 heteroatoms. The van der Waals surface area contributed by atoms with Crippen LogP contribution in [0, 0.1) is 0 Å². The lowest BCUT2D eigenvalue weighted by Crippen LogP contribution is -2.58. The fourth-order valence-corrected chi connectivity index (χ4v) is 3.67. The normalized spacial score (nSPS) is 28.4. The Morgan fingerprint density at radius 3 is 2.37 bits per heavy atom. The minimum atomic E-state index is 0.461. The first-order valence-corrected chi connectivity index (χ1v) is 8.14. The first kappa shape index (κ1) is 15.3. The minimum Gasteiger partial charge on any atom is -0.314 e. The molecule has 1 saturated carbocycles. The summed E-state index contributed by atoms with van der Waals surface area (Å²) in [5, 5.41) is 3.68. The van der Waals surface area contributed by atoms with E-state index in [0.717, 1.165) is 6.04 Å². The lowest BCUT2D eigenvalue weighted by atomic mass is 9.75. The molecule has 0 radical (unpaired) electrons. The molecule has 112 valence electrons. The Labute approximate surface area is 119 Å². The average molecular weight is 267 g/mol. The van der Waals surface area contributed by atoms with Crippen molar-refractivity contribution >= 4 is 0 Å². The lowest BCUT2D eigenvalue weighted by Gasteiger charge is -2.50. The average Bonchev–Trinajstić information content (AvgIpc) is 2.34. The molecule has 0 amide bonds. The monoisotopic (exact) mass is 267 g/mol. The Kier molecular flexibility index (Phi) is 5.27. The maximum atomic E-state index is 3.68. The predicted octanol–water partition coefficient (Wildman–Crippen LogP) is 2.32. The summed E-state index contributed by atoms with van der Waals surface area (Å²) in [6.45, 7) is 4.86. The fraction of sp³-hybridized carbons (Fsp3) is 1.00. The van der Waals surface area contributed by atoms with Crippen molar-refractivity contribution in [1.29, 1.82) is 0 Å². The van der Waals surface area contributed by atoms with E-state index < -0.39 is 0 Å². The van der Waals surface area contributed by atoms with Crippen LogP contribution in [0.25, 0.3) is 0 Å². The molecule has 0 bridgehead atoms. The van der Waals surface area contributed by atoms with Gasteiger partial charge in [-0.05, 0) is 73.1 Å². The van der Waals surface area contributed by atoms with Gasteiger partial charge in [0.1, 0.15) is 0 Å². The van der Waals surface area contributed by atoms with Gasteiger partial charge in [-0.25, -0.2) is 0 Å². The Morgan fingerprint density at radius 1 is 1.16 bits per heavy atom. The standard InChI is InChI=1S/C16H33N3/c1-14(12-15-8-5-6-11-17-15)19(4)13-16(18(2)3)9-7-10-16/h14-15,17H,5-13H2,1-4H3. The second kappa shape index (κ2) is 6.55. The number of nitrogens with one attached hydrogen (secondary N) is 1. The zero-order valence-electron chi connectivity index (χ0n) is 13.4. The van der Waals surface area contributed by atoms with Gasteiger partial charge in [-0.3, -0.25) is 0 Å². The van der Waals surface area contributed by atoms with Crippen LogP contribution in [-0.4, -0.2) is 61.7 Å². The van der Waals surface area contributed by atoms with Gasteiger partial charge in [-0.2, -0.15) is 0 Å². The van der Waals surface area contributed by atoms with E-state index in [1.54, 1.807) is 0 Å². The third kappa shape index (κ3) is 3.71. The summed E-state index contributed by atoms with van der Waals surface area (Å²) in [6, 6.07) is 1.44. The smallest absolute Gasteiger partial charge is 0.0330 e. The number of rotatable bonds is 6. The van der Waals surface area contributed by atoms with E-state index in [9.17, 15) is 0 Å². The highest BCUT2D eigenvalue weighted by atomic mass is 15.2. The van der Waals surface area contributed by atoms with E-state index in [1.807, 2.05) is 0 Å². The number of hydrogen-bond acceptors (Lipinski definition) is 3. The van der Waals surface area contributed by atoms with Crippen LogP contribution < -0.4 is 5.32 Å². The van der Waals surface area contributed by atoms with Gasteiger partial charge < -0.3 is 15.1 Å². The molecule has 1 heterocycles. The van der Waals surface area contributed by atoms with Crippen molar-refractivity contribution in [2.45, 2.75) is 69.5 Å². The summed E-state index contributed by atoms with van der Waals surface area (Å²) in [6.07, 6.45) is 9.61. The predicted molar refractivity (Wildman–Crippen MR) is 82.6 cm³/mol. The molecule has 1 aliphatic carbocycles. The number of nitrogens with zero attached hydrogens (tertiary/aromatic N) is 2. The van der Waals surface area contributed by atoms with Gasteiger partial charge >= 0.3 is 0 Å². The van der Waals surface area contributed by atoms with Crippen LogP contribution in [0.5, 0.6) is 0 Å². The van der Waals surface area contributed by atoms with E-state index in [4.69, 9.17) is 0 Å². The summed E-state index contributed by atoms with van der Waals surface area (Å²) in [7, 11) is 6.82. The topological polar surface area (TPSA) is 18.5 Å². The summed E-state index contributed by atoms with van der Waals surface area (Å²) in [4.78, 5) is 5.05. The summed E-state index contributed by atoms with van der Waals surface area (Å²) in [5.74, 6) is 0. The number of piperidine rings is 1. The Bertz CT molecular complexity index is 267. The third-order valence-electron chi connectivity index (χ3n) is 5.57. The molecule has 3 nitrogen and oxygen atoms in total. The fourth-order valence-electron chi connectivity index (χ4n) is 3.67. The number of hydrogen-bond donors (Lipinski definition) is 1. The largest absolute Gasteiger partial charge is 0.314 e. The molecule has 1 saturated heterocycles. The molecule has 0 aromatic carbocycles. The van der Waals surface area contributed by atoms with Crippen LogP contribution in [-0.2, 0) is 0 Å². The van der Waals surface area contributed by atoms with Gasteiger partial charge in [0.25, 0.3) is 0 Å². The van der Waals surface area contributed by atoms with Crippen molar-refractivity contribution in [1.82, 2.24) is 15.1 Å². The van der Waals surface area contributed by atoms with Crippen LogP contribution >= 0.6 is 0 Å². The van der Waals surface area contributed by atoms with E-state index in [-0.39, 0.29) is 0 Å². The molecule has 0 aromatic heterocycles. The minimum absolute atomic E-state index is 0.461. The van der Waals surface area contributed by atoms with Crippen LogP contribution in [0.1, 0.15) is 51.9 Å². The molecular weight excluding hydrogens is 234 g/mol. The third-order valence-corrected chi connectivity index (χ3v) is 5.57. The van der Waals surface area contributed by atoms with E-state index in [0.29, 0.717) is 11.6 Å². The van der Waals surface area contributed by atoms with Crippen LogP contribution in [0.2, 0.25) is 0 Å². The lowest BCUT2D eigenvalue weighted by molar-refractivity contribution is 0.0157. The quantitative estimate of drug-likeness (QED) is 0.797. The zero-order chi connectivity index (χ0) is 13.9. The van der Waals surface area contributed by atoms with Gasteiger partial charge in [0.15, 0.2) is 0 Å². The van der Waals surface area contributed by atoms with Crippen molar-refractivity contribution in [2.24, 2.45) is 0 Å². The second-order valence-corrected chi connectivity index (χ2v) is 7.12. The van der Waals surface area contributed by atoms with E-state index >= 15 is 0 Å². The molecule has 0 aromatic rings. The summed E-state index contributed by atoms with van der Waals surface area (Å²) in [5.41, 5.74) is 0.461. The highest BCUT2D eigenvalue weighted by Crippen LogP contribution is 2.37. The SMILES string of the molecule is CC(CC1CCCCN1)N(C)CC1(N(C)C)CCC1. The van der Waals surface area contributed by atoms with Crippen molar-refractivity contribution in [3.63, 3.8) is 0 Å². The van der Waals surface area contributed by atoms with Gasteiger partial charge in [0, 0.05) is 24.2 Å². The number of likely N-dealkylation sites (N-methyl/N-ethyl adjacent to an activating group) is 2. The van der Waals surface area contributed by atoms with E-state index in [2.05, 4.69) is 43.2 Å². The van der Waals surface area contributed by atoms with Crippen LogP contribution in [0.15, 0.2) is 0 Å². The zero-order valence-corrected chi connectivity index (χ0v) is 13.4. The van der Waals surface area contributed by atoms with Crippen LogP contribution in [0.3, 0.4) is 0 Å². The Hall–Kier alpha value is -0.120. The van der Waals surface area contributed by atoms with Crippen molar-refractivity contribution in [3.05, 3.63) is 0 Å². The molecule has 2 fully saturated rings. The molecule has 2 unspecified atom stereocenters. The second-order valence-electron chi connectivity index (χ2n) is 7.12. The molecule has 1 aliphatic heterocycles. The molecule has 1 N–H and O–H groups in total. The summed E-state index contributed by atoms with van der Waals surface area (Å²) >= 11 is 0. The Balaban J connectivity index is 1.79. The molecule has 19 heavy (non-hydrogen) atoms.